The van der Waals surface area contributed by atoms with E-state index in [1.807, 2.05) is 6.07 Å². The van der Waals surface area contributed by atoms with Crippen LogP contribution in [0.25, 0.3) is 22.3 Å². The molecule has 0 aliphatic carbocycles. The average molecular weight is 472 g/mol. The van der Waals surface area contributed by atoms with Crippen molar-refractivity contribution < 1.29 is 33.2 Å². The summed E-state index contributed by atoms with van der Waals surface area (Å²) in [5.41, 5.74) is 1.63. The van der Waals surface area contributed by atoms with Crippen LogP contribution in [0.3, 0.4) is 0 Å². The monoisotopic (exact) mass is 472 g/mol. The van der Waals surface area contributed by atoms with Gasteiger partial charge >= 0.3 is 0 Å². The van der Waals surface area contributed by atoms with Gasteiger partial charge in [-0.05, 0) is 12.1 Å². The molecule has 0 unspecified atom stereocenters. The zero-order valence-electron chi connectivity index (χ0n) is 18.6. The molecule has 11 heteroatoms. The van der Waals surface area contributed by atoms with Crippen molar-refractivity contribution in [3.8, 4) is 23.0 Å². The lowest BCUT2D eigenvalue weighted by molar-refractivity contribution is 0.00794. The van der Waals surface area contributed by atoms with Gasteiger partial charge in [0.05, 0.1) is 50.1 Å². The first kappa shape index (κ1) is 21.5. The fraction of sp³-hybridized carbons (Fsp3) is 0.478. The molecule has 0 bridgehead atoms. The van der Waals surface area contributed by atoms with Gasteiger partial charge in [-0.1, -0.05) is 0 Å². The fourth-order valence-corrected chi connectivity index (χ4v) is 4.70. The maximum Gasteiger partial charge on any atom is 0.224 e. The third kappa shape index (κ3) is 3.74. The number of aliphatic hydroxyl groups is 1. The maximum absolute atomic E-state index is 15.1. The number of ether oxygens (including phenoxy) is 5. The molecule has 3 aliphatic heterocycles. The molecule has 0 radical (unpaired) electrons. The topological polar surface area (TPSA) is 111 Å². The van der Waals surface area contributed by atoms with Crippen LogP contribution in [0.5, 0.6) is 11.8 Å². The lowest BCUT2D eigenvalue weighted by Crippen LogP contribution is -2.36. The van der Waals surface area contributed by atoms with Gasteiger partial charge in [-0.25, -0.2) is 9.37 Å². The van der Waals surface area contributed by atoms with Crippen LogP contribution >= 0.6 is 0 Å². The third-order valence-electron chi connectivity index (χ3n) is 6.42. The van der Waals surface area contributed by atoms with E-state index in [4.69, 9.17) is 23.7 Å². The second kappa shape index (κ2) is 8.66. The van der Waals surface area contributed by atoms with Crippen LogP contribution in [0.2, 0.25) is 0 Å². The van der Waals surface area contributed by atoms with Crippen molar-refractivity contribution in [2.24, 2.45) is 0 Å². The molecule has 0 saturated carbocycles. The molecule has 0 spiro atoms. The summed E-state index contributed by atoms with van der Waals surface area (Å²) in [6, 6.07) is 6.70. The van der Waals surface area contributed by atoms with E-state index in [0.717, 1.165) is 18.9 Å². The molecule has 2 N–H and O–H groups in total. The van der Waals surface area contributed by atoms with Gasteiger partial charge in [-0.15, -0.1) is 0 Å². The number of pyridine rings is 2. The summed E-state index contributed by atoms with van der Waals surface area (Å²) in [6.07, 6.45) is -1.77. The maximum atomic E-state index is 15.1. The van der Waals surface area contributed by atoms with E-state index >= 15 is 4.39 Å². The third-order valence-corrected chi connectivity index (χ3v) is 6.42. The minimum Gasteiger partial charge on any atom is -0.480 e. The zero-order valence-corrected chi connectivity index (χ0v) is 18.6. The average Bonchev–Trinajstić information content (AvgIpc) is 3.55. The highest BCUT2D eigenvalue weighted by molar-refractivity contribution is 5.82. The second-order valence-electron chi connectivity index (χ2n) is 8.53. The molecule has 34 heavy (non-hydrogen) atoms. The SMILES string of the molecule is COc1nc(N2CCOCC2)ccc1-c1nc2cc(O[C@@H]3CO[C@H]4[C@@H]3OC[C@H]4O)[nH]c2cc1F. The summed E-state index contributed by atoms with van der Waals surface area (Å²) in [7, 11) is 1.51. The van der Waals surface area contributed by atoms with E-state index in [9.17, 15) is 5.11 Å². The first-order valence-corrected chi connectivity index (χ1v) is 11.3. The predicted molar refractivity (Wildman–Crippen MR) is 119 cm³/mol. The normalized spacial score (nSPS) is 26.7. The number of aromatic nitrogens is 3. The molecule has 3 fully saturated rings. The Bertz CT molecular complexity index is 1200. The molecule has 6 heterocycles. The highest BCUT2D eigenvalue weighted by Crippen LogP contribution is 2.35. The molecule has 0 amide bonds. The molecule has 3 aromatic heterocycles. The van der Waals surface area contributed by atoms with Crippen LogP contribution in [0, 0.1) is 5.82 Å². The Morgan fingerprint density at radius 1 is 1.12 bits per heavy atom. The van der Waals surface area contributed by atoms with Crippen molar-refractivity contribution in [3.05, 3.63) is 30.1 Å². The number of aromatic amines is 1. The largest absolute Gasteiger partial charge is 0.480 e. The smallest absolute Gasteiger partial charge is 0.224 e. The molecule has 0 aromatic carbocycles. The van der Waals surface area contributed by atoms with E-state index in [1.165, 1.54) is 13.2 Å². The van der Waals surface area contributed by atoms with Gasteiger partial charge in [-0.3, -0.25) is 0 Å². The number of halogens is 1. The number of anilines is 1. The van der Waals surface area contributed by atoms with Crippen LogP contribution in [-0.4, -0.2) is 91.1 Å². The van der Waals surface area contributed by atoms with E-state index < -0.39 is 18.0 Å². The van der Waals surface area contributed by atoms with Crippen LogP contribution in [0.15, 0.2) is 24.3 Å². The van der Waals surface area contributed by atoms with Crippen LogP contribution in [0.4, 0.5) is 10.2 Å². The second-order valence-corrected chi connectivity index (χ2v) is 8.53. The number of fused-ring (bicyclic) bond motifs is 2. The molecule has 6 rings (SSSR count). The van der Waals surface area contributed by atoms with E-state index in [1.54, 1.807) is 12.1 Å². The van der Waals surface area contributed by atoms with E-state index in [0.29, 0.717) is 48.2 Å². The van der Waals surface area contributed by atoms with E-state index in [2.05, 4.69) is 19.9 Å². The lowest BCUT2D eigenvalue weighted by atomic mass is 10.1. The van der Waals surface area contributed by atoms with Gasteiger partial charge in [-0.2, -0.15) is 4.98 Å². The quantitative estimate of drug-likeness (QED) is 0.571. The van der Waals surface area contributed by atoms with E-state index in [-0.39, 0.29) is 24.5 Å². The van der Waals surface area contributed by atoms with Gasteiger partial charge in [0.2, 0.25) is 5.88 Å². The van der Waals surface area contributed by atoms with Crippen molar-refractivity contribution in [1.29, 1.82) is 0 Å². The Balaban J connectivity index is 1.28. The van der Waals surface area contributed by atoms with Crippen molar-refractivity contribution in [2.75, 3.05) is 51.5 Å². The first-order chi connectivity index (χ1) is 16.6. The highest BCUT2D eigenvalue weighted by atomic mass is 19.1. The van der Waals surface area contributed by atoms with Crippen LogP contribution < -0.4 is 14.4 Å². The number of H-pyrrole nitrogens is 1. The lowest BCUT2D eigenvalue weighted by Gasteiger charge is -2.28. The zero-order chi connectivity index (χ0) is 23.2. The predicted octanol–water partition coefficient (Wildman–Crippen LogP) is 1.52. The van der Waals surface area contributed by atoms with Crippen molar-refractivity contribution in [1.82, 2.24) is 15.0 Å². The summed E-state index contributed by atoms with van der Waals surface area (Å²) in [5, 5.41) is 9.91. The molecule has 10 nitrogen and oxygen atoms in total. The van der Waals surface area contributed by atoms with Crippen LogP contribution in [-0.2, 0) is 14.2 Å². The number of morpholine rings is 1. The number of hydrogen-bond donors (Lipinski definition) is 2. The summed E-state index contributed by atoms with van der Waals surface area (Å²) < 4.78 is 43.2. The number of hydrogen-bond acceptors (Lipinski definition) is 9. The Hall–Kier alpha value is -2.99. The number of rotatable bonds is 5. The number of aliphatic hydroxyl groups excluding tert-OH is 1. The van der Waals surface area contributed by atoms with Gasteiger partial charge in [0.25, 0.3) is 0 Å². The van der Waals surface area contributed by atoms with Crippen molar-refractivity contribution >= 4 is 16.9 Å². The number of nitrogens with zero attached hydrogens (tertiary/aromatic N) is 3. The highest BCUT2D eigenvalue weighted by Gasteiger charge is 2.48. The van der Waals surface area contributed by atoms with Crippen molar-refractivity contribution in [3.63, 3.8) is 0 Å². The minimum absolute atomic E-state index is 0.141. The standard InChI is InChI=1S/C23H25FN4O6/c1-30-23-12(2-3-18(27-23)28-4-6-31-7-5-28)20-13(24)8-14-15(26-20)9-19(25-14)34-17-11-33-21-16(29)10-32-22(17)21/h2-3,8-9,16-17,21-22,25,29H,4-7,10-11H2,1H3/t16-,17-,21-,22-/m1/s1. The molecule has 3 saturated heterocycles. The summed E-state index contributed by atoms with van der Waals surface area (Å²) in [4.78, 5) is 14.3. The summed E-state index contributed by atoms with van der Waals surface area (Å²) >= 11 is 0. The number of nitrogens with one attached hydrogen (secondary N) is 1. The molecule has 3 aromatic rings. The minimum atomic E-state index is -0.655. The van der Waals surface area contributed by atoms with Gasteiger partial charge in [0, 0.05) is 25.2 Å². The number of methoxy groups -OCH3 is 1. The molecule has 180 valence electrons. The molecule has 3 aliphatic rings. The van der Waals surface area contributed by atoms with Crippen LogP contribution in [0.1, 0.15) is 0 Å². The van der Waals surface area contributed by atoms with Gasteiger partial charge < -0.3 is 38.7 Å². The first-order valence-electron chi connectivity index (χ1n) is 11.3. The Labute approximate surface area is 194 Å². The molecule has 4 atom stereocenters. The Morgan fingerprint density at radius 2 is 1.94 bits per heavy atom. The fourth-order valence-electron chi connectivity index (χ4n) is 4.70. The molecular weight excluding hydrogens is 447 g/mol. The summed E-state index contributed by atoms with van der Waals surface area (Å²) in [5.74, 6) is 0.963. The molecular formula is C23H25FN4O6. The summed E-state index contributed by atoms with van der Waals surface area (Å²) in [6.45, 7) is 3.26. The van der Waals surface area contributed by atoms with Crippen molar-refractivity contribution in [2.45, 2.75) is 24.4 Å². The Kier molecular flexibility index (Phi) is 5.48. The Morgan fingerprint density at radius 3 is 2.76 bits per heavy atom. The van der Waals surface area contributed by atoms with Gasteiger partial charge in [0.15, 0.2) is 17.8 Å². The van der Waals surface area contributed by atoms with Gasteiger partial charge in [0.1, 0.15) is 29.8 Å².